The summed E-state index contributed by atoms with van der Waals surface area (Å²) in [5.74, 6) is 0.801. The smallest absolute Gasteiger partial charge is 0.165 e. The number of hydrogen-bond acceptors (Lipinski definition) is 5. The molecule has 0 unspecified atom stereocenters. The highest BCUT2D eigenvalue weighted by molar-refractivity contribution is 6.31. The van der Waals surface area contributed by atoms with Gasteiger partial charge < -0.3 is 19.7 Å². The lowest BCUT2D eigenvalue weighted by molar-refractivity contribution is 0.137. The fourth-order valence-electron chi connectivity index (χ4n) is 2.88. The van der Waals surface area contributed by atoms with Crippen LogP contribution in [0, 0.1) is 5.82 Å². The van der Waals surface area contributed by atoms with Gasteiger partial charge in [-0.15, -0.1) is 0 Å². The molecule has 0 bridgehead atoms. The normalized spacial score (nSPS) is 16.4. The lowest BCUT2D eigenvalue weighted by atomic mass is 10.1. The summed E-state index contributed by atoms with van der Waals surface area (Å²) in [7, 11) is 1.60. The predicted molar refractivity (Wildman–Crippen MR) is 96.3 cm³/mol. The Hall–Kier alpha value is -2.31. The number of hydrogen-bond donors (Lipinski definition) is 1. The van der Waals surface area contributed by atoms with E-state index in [1.54, 1.807) is 30.4 Å². The number of fused-ring (bicyclic) bond motifs is 1. The number of anilines is 2. The second-order valence-corrected chi connectivity index (χ2v) is 6.32. The molecule has 0 radical (unpaired) electrons. The van der Waals surface area contributed by atoms with Crippen molar-refractivity contribution in [3.63, 3.8) is 0 Å². The van der Waals surface area contributed by atoms with E-state index in [2.05, 4.69) is 10.3 Å². The molecule has 1 saturated heterocycles. The van der Waals surface area contributed by atoms with Crippen LogP contribution in [-0.2, 0) is 0 Å². The first-order valence-corrected chi connectivity index (χ1v) is 8.36. The largest absolute Gasteiger partial charge is 0.493 e. The third kappa shape index (κ3) is 2.92. The van der Waals surface area contributed by atoms with Crippen LogP contribution in [0.15, 0.2) is 35.3 Å². The van der Waals surface area contributed by atoms with Crippen LogP contribution >= 0.6 is 11.6 Å². The molecule has 0 aliphatic carbocycles. The van der Waals surface area contributed by atoms with Crippen LogP contribution in [0.5, 0.6) is 11.5 Å². The first-order valence-electron chi connectivity index (χ1n) is 7.98. The van der Waals surface area contributed by atoms with Gasteiger partial charge in [-0.3, -0.25) is 4.99 Å². The maximum Gasteiger partial charge on any atom is 0.165 e. The van der Waals surface area contributed by atoms with Crippen LogP contribution in [-0.4, -0.2) is 39.2 Å². The fraction of sp³-hybridized carbons (Fsp3) is 0.278. The molecule has 4 rings (SSSR count). The molecule has 5 nitrogen and oxygen atoms in total. The van der Waals surface area contributed by atoms with Gasteiger partial charge in [0, 0.05) is 30.9 Å². The number of ether oxygens (including phenoxy) is 2. The Bertz CT molecular complexity index is 839. The highest BCUT2D eigenvalue weighted by Crippen LogP contribution is 2.40. The monoisotopic (exact) mass is 361 g/mol. The first-order chi connectivity index (χ1) is 12.2. The number of benzene rings is 2. The molecular formula is C18H17ClFN3O2. The van der Waals surface area contributed by atoms with Crippen molar-refractivity contribution in [3.8, 4) is 11.5 Å². The molecular weight excluding hydrogens is 345 g/mol. The van der Waals surface area contributed by atoms with E-state index in [1.165, 1.54) is 6.07 Å². The molecule has 0 atom stereocenters. The van der Waals surface area contributed by atoms with Gasteiger partial charge in [-0.05, 0) is 18.2 Å². The Morgan fingerprint density at radius 3 is 2.80 bits per heavy atom. The lowest BCUT2D eigenvalue weighted by Gasteiger charge is -2.31. The fourth-order valence-corrected chi connectivity index (χ4v) is 3.05. The molecule has 0 amide bonds. The van der Waals surface area contributed by atoms with Crippen molar-refractivity contribution in [1.82, 2.24) is 5.32 Å². The summed E-state index contributed by atoms with van der Waals surface area (Å²) in [6.07, 6.45) is 1.87. The zero-order chi connectivity index (χ0) is 17.4. The van der Waals surface area contributed by atoms with Gasteiger partial charge in [-0.25, -0.2) is 4.39 Å². The highest BCUT2D eigenvalue weighted by atomic mass is 35.5. The zero-order valence-electron chi connectivity index (χ0n) is 13.6. The second kappa shape index (κ2) is 6.54. The van der Waals surface area contributed by atoms with E-state index in [1.807, 2.05) is 12.1 Å². The van der Waals surface area contributed by atoms with Crippen LogP contribution in [0.4, 0.5) is 15.8 Å². The average molecular weight is 362 g/mol. The summed E-state index contributed by atoms with van der Waals surface area (Å²) in [6.45, 7) is 1.91. The van der Waals surface area contributed by atoms with Crippen molar-refractivity contribution in [1.29, 1.82) is 0 Å². The molecule has 2 aliphatic rings. The molecule has 2 aliphatic heterocycles. The van der Waals surface area contributed by atoms with E-state index in [4.69, 9.17) is 21.1 Å². The SMILES string of the molecule is COc1cc2c(cc1OC1CNC1)N(c1cccc(Cl)c1F)CN=C2. The van der Waals surface area contributed by atoms with Crippen molar-refractivity contribution in [2.24, 2.45) is 4.99 Å². The predicted octanol–water partition coefficient (Wildman–Crippen LogP) is 3.37. The van der Waals surface area contributed by atoms with Gasteiger partial charge in [0.05, 0.1) is 23.5 Å². The van der Waals surface area contributed by atoms with Crippen LogP contribution in [0.25, 0.3) is 0 Å². The number of halogens is 2. The molecule has 0 saturated carbocycles. The van der Waals surface area contributed by atoms with Crippen LogP contribution in [0.3, 0.4) is 0 Å². The van der Waals surface area contributed by atoms with Gasteiger partial charge in [0.1, 0.15) is 12.8 Å². The third-order valence-electron chi connectivity index (χ3n) is 4.32. The Morgan fingerprint density at radius 2 is 2.08 bits per heavy atom. The molecule has 2 aromatic carbocycles. The van der Waals surface area contributed by atoms with E-state index in [-0.39, 0.29) is 11.1 Å². The Labute approximate surface area is 150 Å². The Kier molecular flexibility index (Phi) is 4.23. The minimum atomic E-state index is -0.464. The second-order valence-electron chi connectivity index (χ2n) is 5.91. The van der Waals surface area contributed by atoms with Crippen LogP contribution < -0.4 is 19.7 Å². The minimum absolute atomic E-state index is 0.0825. The molecule has 25 heavy (non-hydrogen) atoms. The summed E-state index contributed by atoms with van der Waals surface area (Å²) in [5.41, 5.74) is 2.02. The van der Waals surface area contributed by atoms with Gasteiger partial charge in [0.2, 0.25) is 0 Å². The van der Waals surface area contributed by atoms with Crippen molar-refractivity contribution in [2.75, 3.05) is 31.8 Å². The number of rotatable bonds is 4. The summed E-state index contributed by atoms with van der Waals surface area (Å²) >= 11 is 5.94. The molecule has 1 N–H and O–H groups in total. The summed E-state index contributed by atoms with van der Waals surface area (Å²) in [6, 6.07) is 8.67. The standard InChI is InChI=1S/C18H17ClFN3O2/c1-24-16-5-11-7-22-10-23(14-4-2-3-13(19)18(14)20)15(11)6-17(16)25-12-8-21-9-12/h2-7,12,21H,8-10H2,1H3. The maximum absolute atomic E-state index is 14.5. The molecule has 130 valence electrons. The summed E-state index contributed by atoms with van der Waals surface area (Å²) < 4.78 is 26.0. The van der Waals surface area contributed by atoms with E-state index >= 15 is 0 Å². The first kappa shape index (κ1) is 16.2. The zero-order valence-corrected chi connectivity index (χ0v) is 14.4. The number of methoxy groups -OCH3 is 1. The quantitative estimate of drug-likeness (QED) is 0.907. The Balaban J connectivity index is 1.78. The molecule has 1 fully saturated rings. The van der Waals surface area contributed by atoms with Crippen molar-refractivity contribution >= 4 is 29.2 Å². The molecule has 0 aromatic heterocycles. The van der Waals surface area contributed by atoms with E-state index in [0.717, 1.165) is 24.3 Å². The molecule has 2 aromatic rings. The number of nitrogens with zero attached hydrogens (tertiary/aromatic N) is 2. The number of nitrogens with one attached hydrogen (secondary N) is 1. The van der Waals surface area contributed by atoms with Crippen molar-refractivity contribution in [3.05, 3.63) is 46.7 Å². The average Bonchev–Trinajstić information content (AvgIpc) is 2.59. The van der Waals surface area contributed by atoms with Gasteiger partial charge in [-0.2, -0.15) is 0 Å². The van der Waals surface area contributed by atoms with Gasteiger partial charge in [0.25, 0.3) is 0 Å². The van der Waals surface area contributed by atoms with E-state index in [9.17, 15) is 4.39 Å². The van der Waals surface area contributed by atoms with Crippen molar-refractivity contribution in [2.45, 2.75) is 6.10 Å². The van der Waals surface area contributed by atoms with Crippen molar-refractivity contribution < 1.29 is 13.9 Å². The molecule has 0 spiro atoms. The molecule has 2 heterocycles. The van der Waals surface area contributed by atoms with E-state index in [0.29, 0.717) is 23.9 Å². The van der Waals surface area contributed by atoms with E-state index < -0.39 is 5.82 Å². The summed E-state index contributed by atoms with van der Waals surface area (Å²) in [5, 5.41) is 3.25. The molecule has 7 heteroatoms. The number of aliphatic imine (C=N–C) groups is 1. The Morgan fingerprint density at radius 1 is 1.24 bits per heavy atom. The van der Waals surface area contributed by atoms with Gasteiger partial charge >= 0.3 is 0 Å². The van der Waals surface area contributed by atoms with Gasteiger partial charge in [-0.1, -0.05) is 17.7 Å². The maximum atomic E-state index is 14.5. The minimum Gasteiger partial charge on any atom is -0.493 e. The van der Waals surface area contributed by atoms with Crippen LogP contribution in [0.2, 0.25) is 5.02 Å². The third-order valence-corrected chi connectivity index (χ3v) is 4.61. The van der Waals surface area contributed by atoms with Crippen LogP contribution in [0.1, 0.15) is 5.56 Å². The summed E-state index contributed by atoms with van der Waals surface area (Å²) in [4.78, 5) is 6.10. The topological polar surface area (TPSA) is 46.1 Å². The highest BCUT2D eigenvalue weighted by Gasteiger charge is 2.25. The van der Waals surface area contributed by atoms with Gasteiger partial charge in [0.15, 0.2) is 17.3 Å². The lowest BCUT2D eigenvalue weighted by Crippen LogP contribution is -2.50.